The fraction of sp³-hybridized carbons (Fsp3) is 0.231. The Kier molecular flexibility index (Phi) is 3.45. The number of hydrogen-bond acceptors (Lipinski definition) is 3. The highest BCUT2D eigenvalue weighted by atomic mass is 32.1. The van der Waals surface area contributed by atoms with E-state index in [0.29, 0.717) is 11.3 Å². The van der Waals surface area contributed by atoms with E-state index in [9.17, 15) is 4.39 Å². The van der Waals surface area contributed by atoms with E-state index in [1.165, 1.54) is 13.2 Å². The van der Waals surface area contributed by atoms with Crippen LogP contribution < -0.4 is 10.5 Å². The van der Waals surface area contributed by atoms with E-state index in [2.05, 4.69) is 0 Å². The van der Waals surface area contributed by atoms with Gasteiger partial charge >= 0.3 is 0 Å². The zero-order valence-electron chi connectivity index (χ0n) is 9.74. The van der Waals surface area contributed by atoms with Gasteiger partial charge in [-0.1, -0.05) is 6.07 Å². The number of benzene rings is 1. The van der Waals surface area contributed by atoms with E-state index in [1.54, 1.807) is 23.5 Å². The summed E-state index contributed by atoms with van der Waals surface area (Å²) >= 11 is 1.58. The Morgan fingerprint density at radius 2 is 2.06 bits per heavy atom. The molecule has 0 radical (unpaired) electrons. The maximum atomic E-state index is 13.9. The minimum absolute atomic E-state index is 0.331. The number of nitrogens with two attached hydrogens (primary N) is 1. The third-order valence-electron chi connectivity index (χ3n) is 2.77. The molecule has 0 bridgehead atoms. The Labute approximate surface area is 104 Å². The maximum absolute atomic E-state index is 13.9. The van der Waals surface area contributed by atoms with Crippen LogP contribution in [0.4, 0.5) is 4.39 Å². The van der Waals surface area contributed by atoms with Crippen molar-refractivity contribution in [3.63, 3.8) is 0 Å². The fourth-order valence-corrected chi connectivity index (χ4v) is 2.63. The van der Waals surface area contributed by atoms with Crippen molar-refractivity contribution in [2.75, 3.05) is 7.11 Å². The number of thiophene rings is 1. The SMILES string of the molecule is COc1ccc(C(N)c2cscc2C)c(F)c1. The molecule has 0 saturated heterocycles. The van der Waals surface area contributed by atoms with E-state index in [4.69, 9.17) is 10.5 Å². The molecule has 17 heavy (non-hydrogen) atoms. The Balaban J connectivity index is 2.38. The third kappa shape index (κ3) is 2.33. The van der Waals surface area contributed by atoms with E-state index in [1.807, 2.05) is 17.7 Å². The summed E-state index contributed by atoms with van der Waals surface area (Å²) in [7, 11) is 1.51. The first-order valence-corrected chi connectivity index (χ1v) is 6.19. The molecule has 2 N–H and O–H groups in total. The lowest BCUT2D eigenvalue weighted by Gasteiger charge is -2.13. The highest BCUT2D eigenvalue weighted by Crippen LogP contribution is 2.28. The molecule has 4 heteroatoms. The van der Waals surface area contributed by atoms with E-state index >= 15 is 0 Å². The first-order chi connectivity index (χ1) is 8.13. The first-order valence-electron chi connectivity index (χ1n) is 5.25. The minimum Gasteiger partial charge on any atom is -0.497 e. The quantitative estimate of drug-likeness (QED) is 0.908. The molecule has 0 saturated carbocycles. The highest BCUT2D eigenvalue weighted by molar-refractivity contribution is 7.08. The highest BCUT2D eigenvalue weighted by Gasteiger charge is 2.16. The fourth-order valence-electron chi connectivity index (χ4n) is 1.74. The van der Waals surface area contributed by atoms with Crippen molar-refractivity contribution in [1.29, 1.82) is 0 Å². The summed E-state index contributed by atoms with van der Waals surface area (Å²) in [5, 5.41) is 3.97. The predicted molar refractivity (Wildman–Crippen MR) is 68.0 cm³/mol. The van der Waals surface area contributed by atoms with Crippen molar-refractivity contribution in [2.24, 2.45) is 5.73 Å². The van der Waals surface area contributed by atoms with Gasteiger partial charge in [0.05, 0.1) is 13.2 Å². The number of halogens is 1. The monoisotopic (exact) mass is 251 g/mol. The van der Waals surface area contributed by atoms with Crippen LogP contribution in [0, 0.1) is 12.7 Å². The van der Waals surface area contributed by atoms with Crippen molar-refractivity contribution in [3.8, 4) is 5.75 Å². The summed E-state index contributed by atoms with van der Waals surface area (Å²) in [6, 6.07) is 4.33. The maximum Gasteiger partial charge on any atom is 0.132 e. The van der Waals surface area contributed by atoms with Gasteiger partial charge in [-0.15, -0.1) is 0 Å². The molecular weight excluding hydrogens is 237 g/mol. The lowest BCUT2D eigenvalue weighted by Crippen LogP contribution is -2.13. The van der Waals surface area contributed by atoms with Crippen molar-refractivity contribution in [1.82, 2.24) is 0 Å². The number of methoxy groups -OCH3 is 1. The number of aryl methyl sites for hydroxylation is 1. The lowest BCUT2D eigenvalue weighted by atomic mass is 9.99. The molecule has 2 aromatic rings. The van der Waals surface area contributed by atoms with Gasteiger partial charge < -0.3 is 10.5 Å². The van der Waals surface area contributed by atoms with Crippen LogP contribution in [0.2, 0.25) is 0 Å². The molecule has 0 spiro atoms. The molecular formula is C13H14FNOS. The van der Waals surface area contributed by atoms with Crippen LogP contribution in [-0.2, 0) is 0 Å². The molecule has 1 unspecified atom stereocenters. The third-order valence-corrected chi connectivity index (χ3v) is 3.65. The standard InChI is InChI=1S/C13H14FNOS/c1-8-6-17-7-11(8)13(15)10-4-3-9(16-2)5-12(10)14/h3-7,13H,15H2,1-2H3. The smallest absolute Gasteiger partial charge is 0.132 e. The van der Waals surface area contributed by atoms with Crippen LogP contribution in [0.1, 0.15) is 22.7 Å². The Hall–Kier alpha value is -1.39. The molecule has 1 aromatic carbocycles. The van der Waals surface area contributed by atoms with Crippen LogP contribution in [-0.4, -0.2) is 7.11 Å². The van der Waals surface area contributed by atoms with Gasteiger partial charge in [-0.25, -0.2) is 4.39 Å². The molecule has 2 nitrogen and oxygen atoms in total. The largest absolute Gasteiger partial charge is 0.497 e. The van der Waals surface area contributed by atoms with Gasteiger partial charge in [-0.2, -0.15) is 11.3 Å². The van der Waals surface area contributed by atoms with Crippen LogP contribution in [0.3, 0.4) is 0 Å². The molecule has 2 rings (SSSR count). The van der Waals surface area contributed by atoms with Crippen molar-refractivity contribution < 1.29 is 9.13 Å². The van der Waals surface area contributed by atoms with E-state index in [-0.39, 0.29) is 5.82 Å². The average molecular weight is 251 g/mol. The molecule has 0 aliphatic carbocycles. The van der Waals surface area contributed by atoms with E-state index < -0.39 is 6.04 Å². The summed E-state index contributed by atoms with van der Waals surface area (Å²) in [6.07, 6.45) is 0. The summed E-state index contributed by atoms with van der Waals surface area (Å²) in [5.74, 6) is 0.169. The van der Waals surface area contributed by atoms with Crippen LogP contribution in [0.5, 0.6) is 5.75 Å². The summed E-state index contributed by atoms with van der Waals surface area (Å²) in [4.78, 5) is 0. The summed E-state index contributed by atoms with van der Waals surface area (Å²) in [6.45, 7) is 1.98. The zero-order chi connectivity index (χ0) is 12.4. The molecule has 1 atom stereocenters. The summed E-state index contributed by atoms with van der Waals surface area (Å²) < 4.78 is 18.8. The predicted octanol–water partition coefficient (Wildman–Crippen LogP) is 3.25. The van der Waals surface area contributed by atoms with Crippen LogP contribution in [0.15, 0.2) is 29.0 Å². The van der Waals surface area contributed by atoms with Gasteiger partial charge in [0.25, 0.3) is 0 Å². The van der Waals surface area contributed by atoms with Gasteiger partial charge in [0.2, 0.25) is 0 Å². The van der Waals surface area contributed by atoms with Crippen molar-refractivity contribution in [2.45, 2.75) is 13.0 Å². The van der Waals surface area contributed by atoms with Gasteiger partial charge in [0, 0.05) is 11.6 Å². The number of rotatable bonds is 3. The molecule has 90 valence electrons. The second-order valence-electron chi connectivity index (χ2n) is 3.88. The molecule has 1 aromatic heterocycles. The molecule has 0 fully saturated rings. The second-order valence-corrected chi connectivity index (χ2v) is 4.62. The number of ether oxygens (including phenoxy) is 1. The Morgan fingerprint density at radius 3 is 2.59 bits per heavy atom. The molecule has 0 amide bonds. The zero-order valence-corrected chi connectivity index (χ0v) is 10.6. The van der Waals surface area contributed by atoms with Crippen molar-refractivity contribution in [3.05, 3.63) is 51.5 Å². The lowest BCUT2D eigenvalue weighted by molar-refractivity contribution is 0.410. The first kappa shape index (κ1) is 12.1. The Morgan fingerprint density at radius 1 is 1.29 bits per heavy atom. The molecule has 1 heterocycles. The molecule has 0 aliphatic heterocycles. The average Bonchev–Trinajstić information content (AvgIpc) is 2.74. The van der Waals surface area contributed by atoms with Crippen LogP contribution in [0.25, 0.3) is 0 Å². The van der Waals surface area contributed by atoms with E-state index in [0.717, 1.165) is 11.1 Å². The van der Waals surface area contributed by atoms with Gasteiger partial charge in [-0.05, 0) is 34.9 Å². The normalized spacial score (nSPS) is 12.5. The molecule has 0 aliphatic rings. The van der Waals surface area contributed by atoms with Gasteiger partial charge in [0.15, 0.2) is 0 Å². The summed E-state index contributed by atoms with van der Waals surface area (Å²) in [5.41, 5.74) is 8.64. The van der Waals surface area contributed by atoms with Crippen LogP contribution >= 0.6 is 11.3 Å². The van der Waals surface area contributed by atoms with Crippen molar-refractivity contribution >= 4 is 11.3 Å². The van der Waals surface area contributed by atoms with Gasteiger partial charge in [-0.3, -0.25) is 0 Å². The minimum atomic E-state index is -0.424. The number of hydrogen-bond donors (Lipinski definition) is 1. The Bertz CT molecular complexity index is 524. The second kappa shape index (κ2) is 4.85. The van der Waals surface area contributed by atoms with Gasteiger partial charge in [0.1, 0.15) is 11.6 Å². The topological polar surface area (TPSA) is 35.2 Å².